The van der Waals surface area contributed by atoms with Crippen molar-refractivity contribution in [1.29, 1.82) is 0 Å². The molecule has 98 valence electrons. The number of benzene rings is 1. The van der Waals surface area contributed by atoms with Crippen LogP contribution in [0.3, 0.4) is 0 Å². The van der Waals surface area contributed by atoms with E-state index in [2.05, 4.69) is 12.1 Å². The Morgan fingerprint density at radius 1 is 1.33 bits per heavy atom. The molecule has 0 bridgehead atoms. The summed E-state index contributed by atoms with van der Waals surface area (Å²) in [6.07, 6.45) is 2.12. The molecular formula is C14H19NO3. The van der Waals surface area contributed by atoms with E-state index in [0.717, 1.165) is 30.6 Å². The van der Waals surface area contributed by atoms with Crippen LogP contribution in [0.5, 0.6) is 5.75 Å². The molecule has 0 unspecified atom stereocenters. The van der Waals surface area contributed by atoms with Crippen LogP contribution in [0.25, 0.3) is 0 Å². The minimum absolute atomic E-state index is 0.206. The maximum absolute atomic E-state index is 10.2. The predicted molar refractivity (Wildman–Crippen MR) is 69.9 cm³/mol. The number of aliphatic hydroxyl groups excluding tert-OH is 1. The minimum Gasteiger partial charge on any atom is -0.497 e. The molecule has 2 rings (SSSR count). The molecule has 0 aromatic heterocycles. The number of rotatable bonds is 5. The fourth-order valence-corrected chi connectivity index (χ4v) is 2.01. The van der Waals surface area contributed by atoms with Gasteiger partial charge in [0.2, 0.25) is 0 Å². The second-order valence-corrected chi connectivity index (χ2v) is 4.44. The van der Waals surface area contributed by atoms with E-state index in [9.17, 15) is 5.11 Å². The fraction of sp³-hybridized carbons (Fsp3) is 0.500. The third-order valence-electron chi connectivity index (χ3n) is 3.15. The molecule has 0 saturated carbocycles. The molecule has 1 aromatic rings. The average Bonchev–Trinajstić information content (AvgIpc) is 2.78. The van der Waals surface area contributed by atoms with Gasteiger partial charge in [-0.2, -0.15) is 0 Å². The van der Waals surface area contributed by atoms with Crippen molar-refractivity contribution in [2.24, 2.45) is 5.16 Å². The maximum Gasteiger partial charge on any atom is 0.159 e. The highest BCUT2D eigenvalue weighted by Gasteiger charge is 2.32. The summed E-state index contributed by atoms with van der Waals surface area (Å²) < 4.78 is 5.10. The third kappa shape index (κ3) is 2.64. The Balaban J connectivity index is 2.05. The van der Waals surface area contributed by atoms with Gasteiger partial charge in [-0.25, -0.2) is 0 Å². The normalized spacial score (nSPS) is 22.5. The van der Waals surface area contributed by atoms with Crippen LogP contribution < -0.4 is 4.74 Å². The Kier molecular flexibility index (Phi) is 4.20. The molecule has 0 amide bonds. The summed E-state index contributed by atoms with van der Waals surface area (Å²) in [7, 11) is 1.63. The Morgan fingerprint density at radius 3 is 2.67 bits per heavy atom. The van der Waals surface area contributed by atoms with E-state index in [-0.39, 0.29) is 6.10 Å². The van der Waals surface area contributed by atoms with Gasteiger partial charge in [0.15, 0.2) is 6.10 Å². The zero-order chi connectivity index (χ0) is 13.0. The highest BCUT2D eigenvalue weighted by Crippen LogP contribution is 2.22. The van der Waals surface area contributed by atoms with E-state index in [0.29, 0.717) is 5.71 Å². The fourth-order valence-electron chi connectivity index (χ4n) is 2.01. The van der Waals surface area contributed by atoms with Crippen molar-refractivity contribution in [3.8, 4) is 5.75 Å². The largest absolute Gasteiger partial charge is 0.497 e. The van der Waals surface area contributed by atoms with Gasteiger partial charge in [-0.3, -0.25) is 0 Å². The van der Waals surface area contributed by atoms with E-state index in [4.69, 9.17) is 9.57 Å². The van der Waals surface area contributed by atoms with Gasteiger partial charge in [-0.05, 0) is 37.1 Å². The van der Waals surface area contributed by atoms with Crippen molar-refractivity contribution in [1.82, 2.24) is 0 Å². The number of hydrogen-bond donors (Lipinski definition) is 1. The number of nitrogens with zero attached hydrogens (tertiary/aromatic N) is 1. The second kappa shape index (κ2) is 5.87. The Morgan fingerprint density at radius 2 is 2.06 bits per heavy atom. The molecule has 1 heterocycles. The molecule has 0 radical (unpaired) electrons. The van der Waals surface area contributed by atoms with E-state index >= 15 is 0 Å². The minimum atomic E-state index is -0.634. The van der Waals surface area contributed by atoms with Crippen molar-refractivity contribution in [2.45, 2.75) is 38.4 Å². The van der Waals surface area contributed by atoms with E-state index in [1.165, 1.54) is 0 Å². The Hall–Kier alpha value is -1.55. The van der Waals surface area contributed by atoms with Gasteiger partial charge in [0.05, 0.1) is 7.11 Å². The summed E-state index contributed by atoms with van der Waals surface area (Å²) in [6, 6.07) is 7.47. The summed E-state index contributed by atoms with van der Waals surface area (Å²) in [5.41, 5.74) is 1.49. The second-order valence-electron chi connectivity index (χ2n) is 4.44. The first-order valence-corrected chi connectivity index (χ1v) is 6.32. The summed E-state index contributed by atoms with van der Waals surface area (Å²) in [5, 5.41) is 14.2. The highest BCUT2D eigenvalue weighted by atomic mass is 16.7. The van der Waals surface area contributed by atoms with Crippen molar-refractivity contribution in [2.75, 3.05) is 7.11 Å². The molecule has 4 heteroatoms. The zero-order valence-electron chi connectivity index (χ0n) is 10.8. The van der Waals surface area contributed by atoms with Crippen molar-refractivity contribution in [3.63, 3.8) is 0 Å². The number of ether oxygens (including phenoxy) is 1. The maximum atomic E-state index is 10.2. The van der Waals surface area contributed by atoms with Gasteiger partial charge in [0.25, 0.3) is 0 Å². The van der Waals surface area contributed by atoms with Crippen molar-refractivity contribution < 1.29 is 14.7 Å². The number of unbranched alkanes of at least 4 members (excludes halogenated alkanes) is 1. The summed E-state index contributed by atoms with van der Waals surface area (Å²) in [4.78, 5) is 5.30. The standard InChI is InChI=1S/C14H19NO3/c1-3-4-5-12-14(16)13(15-18-12)10-6-8-11(17-2)9-7-10/h6-9,12,14,16H,3-5H2,1-2H3/t12-,14-/m0/s1. The molecule has 4 nitrogen and oxygen atoms in total. The van der Waals surface area contributed by atoms with Crippen LogP contribution in [0, 0.1) is 0 Å². The molecule has 0 saturated heterocycles. The van der Waals surface area contributed by atoms with Gasteiger partial charge >= 0.3 is 0 Å². The molecule has 0 fully saturated rings. The van der Waals surface area contributed by atoms with Gasteiger partial charge in [0.1, 0.15) is 17.6 Å². The van der Waals surface area contributed by atoms with Crippen LogP contribution >= 0.6 is 0 Å². The van der Waals surface area contributed by atoms with Crippen LogP contribution in [-0.2, 0) is 4.84 Å². The first-order valence-electron chi connectivity index (χ1n) is 6.32. The van der Waals surface area contributed by atoms with Crippen LogP contribution in [0.4, 0.5) is 0 Å². The number of aliphatic hydroxyl groups is 1. The number of oxime groups is 1. The van der Waals surface area contributed by atoms with Gasteiger partial charge in [0, 0.05) is 5.56 Å². The lowest BCUT2D eigenvalue weighted by molar-refractivity contribution is 0.0153. The molecule has 0 aliphatic carbocycles. The lowest BCUT2D eigenvalue weighted by atomic mass is 9.99. The predicted octanol–water partition coefficient (Wildman–Crippen LogP) is 2.35. The van der Waals surface area contributed by atoms with Crippen molar-refractivity contribution in [3.05, 3.63) is 29.8 Å². The van der Waals surface area contributed by atoms with E-state index in [1.807, 2.05) is 24.3 Å². The van der Waals surface area contributed by atoms with E-state index < -0.39 is 6.10 Å². The molecule has 1 N–H and O–H groups in total. The quantitative estimate of drug-likeness (QED) is 0.871. The Labute approximate surface area is 107 Å². The first kappa shape index (κ1) is 12.9. The summed E-state index contributed by atoms with van der Waals surface area (Å²) in [5.74, 6) is 0.787. The molecule has 2 atom stereocenters. The topological polar surface area (TPSA) is 51.0 Å². The molecule has 1 aliphatic rings. The monoisotopic (exact) mass is 249 g/mol. The average molecular weight is 249 g/mol. The van der Waals surface area contributed by atoms with Gasteiger partial charge in [-0.15, -0.1) is 0 Å². The van der Waals surface area contributed by atoms with Crippen molar-refractivity contribution >= 4 is 5.71 Å². The lowest BCUT2D eigenvalue weighted by Gasteiger charge is -2.13. The zero-order valence-corrected chi connectivity index (χ0v) is 10.8. The third-order valence-corrected chi connectivity index (χ3v) is 3.15. The number of methoxy groups -OCH3 is 1. The Bertz CT molecular complexity index is 414. The van der Waals surface area contributed by atoms with E-state index in [1.54, 1.807) is 7.11 Å². The molecule has 0 spiro atoms. The van der Waals surface area contributed by atoms with Crippen LogP contribution in [0.15, 0.2) is 29.4 Å². The molecule has 1 aliphatic heterocycles. The van der Waals surface area contributed by atoms with Crippen LogP contribution in [0.2, 0.25) is 0 Å². The SMILES string of the molecule is CCCC[C@@H]1ON=C(c2ccc(OC)cc2)[C@H]1O. The molecule has 18 heavy (non-hydrogen) atoms. The smallest absolute Gasteiger partial charge is 0.159 e. The van der Waals surface area contributed by atoms with Gasteiger partial charge in [-0.1, -0.05) is 18.5 Å². The number of hydrogen-bond acceptors (Lipinski definition) is 4. The highest BCUT2D eigenvalue weighted by molar-refractivity contribution is 6.04. The first-order chi connectivity index (χ1) is 8.76. The summed E-state index contributed by atoms with van der Waals surface area (Å²) >= 11 is 0. The van der Waals surface area contributed by atoms with Gasteiger partial charge < -0.3 is 14.7 Å². The van der Waals surface area contributed by atoms with Crippen LogP contribution in [-0.4, -0.2) is 30.1 Å². The lowest BCUT2D eigenvalue weighted by Crippen LogP contribution is -2.29. The summed E-state index contributed by atoms with van der Waals surface area (Å²) in [6.45, 7) is 2.12. The molecular weight excluding hydrogens is 230 g/mol. The molecule has 1 aromatic carbocycles. The van der Waals surface area contributed by atoms with Crippen LogP contribution in [0.1, 0.15) is 31.7 Å².